The summed E-state index contributed by atoms with van der Waals surface area (Å²) < 4.78 is 0. The molecule has 5 heteroatoms. The van der Waals surface area contributed by atoms with Crippen molar-refractivity contribution in [3.8, 4) is 0 Å². The summed E-state index contributed by atoms with van der Waals surface area (Å²) in [4.78, 5) is 17.7. The number of carboxylic acid groups (broad SMARTS) is 1. The molecule has 0 bridgehead atoms. The molecule has 0 aliphatic rings. The Morgan fingerprint density at radius 2 is 1.83 bits per heavy atom. The minimum absolute atomic E-state index is 0.0993. The number of carboxylic acids is 1. The third kappa shape index (κ3) is 3.01. The lowest BCUT2D eigenvalue weighted by Crippen LogP contribution is -2.22. The molecule has 0 saturated carbocycles. The van der Waals surface area contributed by atoms with Crippen molar-refractivity contribution in [1.82, 2.24) is 4.98 Å². The van der Waals surface area contributed by atoms with Crippen LogP contribution in [0.4, 0.5) is 17.1 Å². The fourth-order valence-electron chi connectivity index (χ4n) is 2.64. The standard InChI is InChI=1S/C19H19N3O2/c1-12-11-17(21-13-7-9-14(10-8-13)22(2)3)15-5-4-6-16(19(23)24)18(15)20-12/h4-11H,1-3H3,(H,20,21)(H,23,24)/p-1. The van der Waals surface area contributed by atoms with Crippen molar-refractivity contribution in [2.75, 3.05) is 24.3 Å². The van der Waals surface area contributed by atoms with Gasteiger partial charge in [0.05, 0.1) is 11.5 Å². The van der Waals surface area contributed by atoms with E-state index in [-0.39, 0.29) is 5.56 Å². The largest absolute Gasteiger partial charge is 0.545 e. The molecule has 122 valence electrons. The summed E-state index contributed by atoms with van der Waals surface area (Å²) in [7, 11) is 3.98. The van der Waals surface area contributed by atoms with E-state index in [1.54, 1.807) is 6.07 Å². The quantitative estimate of drug-likeness (QED) is 0.800. The van der Waals surface area contributed by atoms with Crippen molar-refractivity contribution in [2.24, 2.45) is 0 Å². The van der Waals surface area contributed by atoms with Crippen LogP contribution in [0.15, 0.2) is 48.5 Å². The Morgan fingerprint density at radius 3 is 2.46 bits per heavy atom. The number of carbonyl (C=O) groups is 1. The Bertz CT molecular complexity index is 902. The van der Waals surface area contributed by atoms with Gasteiger partial charge in [-0.05, 0) is 37.3 Å². The summed E-state index contributed by atoms with van der Waals surface area (Å²) in [6, 6.07) is 15.0. The van der Waals surface area contributed by atoms with Gasteiger partial charge in [-0.15, -0.1) is 0 Å². The van der Waals surface area contributed by atoms with Gasteiger partial charge in [-0.25, -0.2) is 0 Å². The van der Waals surface area contributed by atoms with Gasteiger partial charge < -0.3 is 20.1 Å². The van der Waals surface area contributed by atoms with E-state index in [4.69, 9.17) is 0 Å². The first-order valence-electron chi connectivity index (χ1n) is 7.62. The fraction of sp³-hybridized carbons (Fsp3) is 0.158. The van der Waals surface area contributed by atoms with Crippen LogP contribution in [0.5, 0.6) is 0 Å². The molecule has 24 heavy (non-hydrogen) atoms. The molecule has 0 aliphatic heterocycles. The van der Waals surface area contributed by atoms with E-state index in [1.807, 2.05) is 62.3 Å². The number of anilines is 3. The second-order valence-corrected chi connectivity index (χ2v) is 5.87. The van der Waals surface area contributed by atoms with E-state index in [2.05, 4.69) is 10.3 Å². The average molecular weight is 320 g/mol. The summed E-state index contributed by atoms with van der Waals surface area (Å²) in [5.74, 6) is -1.22. The van der Waals surface area contributed by atoms with E-state index in [0.717, 1.165) is 28.1 Å². The van der Waals surface area contributed by atoms with Crippen LogP contribution in [0.25, 0.3) is 10.9 Å². The third-order valence-corrected chi connectivity index (χ3v) is 3.85. The van der Waals surface area contributed by atoms with Gasteiger partial charge in [0.2, 0.25) is 0 Å². The second-order valence-electron chi connectivity index (χ2n) is 5.87. The third-order valence-electron chi connectivity index (χ3n) is 3.85. The molecule has 0 aliphatic carbocycles. The van der Waals surface area contributed by atoms with Crippen molar-refractivity contribution >= 4 is 33.9 Å². The van der Waals surface area contributed by atoms with Gasteiger partial charge in [0.15, 0.2) is 0 Å². The van der Waals surface area contributed by atoms with Crippen LogP contribution in [0.1, 0.15) is 16.1 Å². The fourth-order valence-corrected chi connectivity index (χ4v) is 2.64. The zero-order chi connectivity index (χ0) is 17.3. The molecule has 1 N–H and O–H groups in total. The maximum atomic E-state index is 11.3. The van der Waals surface area contributed by atoms with Gasteiger partial charge in [0, 0.05) is 47.8 Å². The predicted molar refractivity (Wildman–Crippen MR) is 94.9 cm³/mol. The zero-order valence-electron chi connectivity index (χ0n) is 13.8. The summed E-state index contributed by atoms with van der Waals surface area (Å²) >= 11 is 0. The lowest BCUT2D eigenvalue weighted by atomic mass is 10.1. The van der Waals surface area contributed by atoms with Crippen molar-refractivity contribution in [3.63, 3.8) is 0 Å². The minimum Gasteiger partial charge on any atom is -0.545 e. The van der Waals surface area contributed by atoms with Crippen molar-refractivity contribution in [2.45, 2.75) is 6.92 Å². The molecule has 3 rings (SSSR count). The van der Waals surface area contributed by atoms with E-state index < -0.39 is 5.97 Å². The SMILES string of the molecule is Cc1cc(Nc2ccc(N(C)C)cc2)c2cccc(C(=O)[O-])c2n1. The number of hydrogen-bond acceptors (Lipinski definition) is 5. The van der Waals surface area contributed by atoms with Crippen LogP contribution >= 0.6 is 0 Å². The number of nitrogens with one attached hydrogen (secondary N) is 1. The number of fused-ring (bicyclic) bond motifs is 1. The molecule has 1 aromatic heterocycles. The summed E-state index contributed by atoms with van der Waals surface area (Å²) in [6.07, 6.45) is 0. The highest BCUT2D eigenvalue weighted by Crippen LogP contribution is 2.29. The van der Waals surface area contributed by atoms with E-state index in [0.29, 0.717) is 5.52 Å². The molecule has 5 nitrogen and oxygen atoms in total. The minimum atomic E-state index is -1.22. The first-order valence-corrected chi connectivity index (χ1v) is 7.62. The number of aromatic nitrogens is 1. The molecule has 0 spiro atoms. The molecule has 0 unspecified atom stereocenters. The van der Waals surface area contributed by atoms with Gasteiger partial charge in [-0.1, -0.05) is 18.2 Å². The number of aromatic carboxylic acids is 1. The Balaban J connectivity index is 2.06. The molecule has 0 amide bonds. The van der Waals surface area contributed by atoms with Crippen LogP contribution in [-0.4, -0.2) is 25.0 Å². The summed E-state index contributed by atoms with van der Waals surface area (Å²) in [6.45, 7) is 1.84. The number of benzene rings is 2. The number of hydrogen-bond donors (Lipinski definition) is 1. The molecular weight excluding hydrogens is 302 g/mol. The Kier molecular flexibility index (Phi) is 4.08. The lowest BCUT2D eigenvalue weighted by Gasteiger charge is -2.15. The molecule has 0 fully saturated rings. The van der Waals surface area contributed by atoms with E-state index in [9.17, 15) is 9.90 Å². The number of para-hydroxylation sites is 1. The summed E-state index contributed by atoms with van der Waals surface area (Å²) in [5.41, 5.74) is 4.12. The Morgan fingerprint density at radius 1 is 1.12 bits per heavy atom. The highest BCUT2D eigenvalue weighted by atomic mass is 16.4. The van der Waals surface area contributed by atoms with Gasteiger partial charge in [-0.2, -0.15) is 0 Å². The Hall–Kier alpha value is -3.08. The molecule has 0 atom stereocenters. The number of rotatable bonds is 4. The topological polar surface area (TPSA) is 68.3 Å². The predicted octanol–water partition coefficient (Wildman–Crippen LogP) is 2.72. The van der Waals surface area contributed by atoms with Crippen molar-refractivity contribution in [1.29, 1.82) is 0 Å². The Labute approximate surface area is 140 Å². The molecular formula is C19H18N3O2-. The lowest BCUT2D eigenvalue weighted by molar-refractivity contribution is -0.254. The van der Waals surface area contributed by atoms with Crippen LogP contribution in [-0.2, 0) is 0 Å². The van der Waals surface area contributed by atoms with E-state index >= 15 is 0 Å². The number of pyridine rings is 1. The van der Waals surface area contributed by atoms with Gasteiger partial charge in [0.25, 0.3) is 0 Å². The molecule has 1 heterocycles. The number of carbonyl (C=O) groups excluding carboxylic acids is 1. The van der Waals surface area contributed by atoms with Crippen LogP contribution in [0.2, 0.25) is 0 Å². The number of aryl methyl sites for hydroxylation is 1. The normalized spacial score (nSPS) is 10.6. The van der Waals surface area contributed by atoms with Crippen LogP contribution in [0, 0.1) is 6.92 Å². The maximum Gasteiger partial charge on any atom is 0.0816 e. The van der Waals surface area contributed by atoms with Crippen LogP contribution < -0.4 is 15.3 Å². The number of nitrogens with zero attached hydrogens (tertiary/aromatic N) is 2. The maximum absolute atomic E-state index is 11.3. The van der Waals surface area contributed by atoms with Gasteiger partial charge in [-0.3, -0.25) is 4.98 Å². The molecule has 0 saturated heterocycles. The van der Waals surface area contributed by atoms with Crippen molar-refractivity contribution in [3.05, 3.63) is 59.8 Å². The van der Waals surface area contributed by atoms with Gasteiger partial charge >= 0.3 is 0 Å². The van der Waals surface area contributed by atoms with Crippen LogP contribution in [0.3, 0.4) is 0 Å². The molecule has 3 aromatic rings. The first-order chi connectivity index (χ1) is 11.5. The summed E-state index contributed by atoms with van der Waals surface area (Å²) in [5, 5.41) is 15.4. The van der Waals surface area contributed by atoms with Gasteiger partial charge in [0.1, 0.15) is 0 Å². The monoisotopic (exact) mass is 320 g/mol. The van der Waals surface area contributed by atoms with Crippen molar-refractivity contribution < 1.29 is 9.90 Å². The first kappa shape index (κ1) is 15.8. The highest BCUT2D eigenvalue weighted by molar-refractivity contribution is 6.05. The average Bonchev–Trinajstić information content (AvgIpc) is 2.54. The second kappa shape index (κ2) is 6.20. The van der Waals surface area contributed by atoms with E-state index in [1.165, 1.54) is 6.07 Å². The zero-order valence-corrected chi connectivity index (χ0v) is 13.8. The smallest absolute Gasteiger partial charge is 0.0816 e. The molecule has 2 aromatic carbocycles. The highest BCUT2D eigenvalue weighted by Gasteiger charge is 2.09. The molecule has 0 radical (unpaired) electrons.